The summed E-state index contributed by atoms with van der Waals surface area (Å²) in [4.78, 5) is 29.1. The number of nitrogens with zero attached hydrogens (tertiary/aromatic N) is 6. The maximum absolute atomic E-state index is 15.5. The monoisotopic (exact) mass is 2020 g/mol. The van der Waals surface area contributed by atoms with E-state index in [-0.39, 0.29) is 8.41 Å². The van der Waals surface area contributed by atoms with Gasteiger partial charge in [0.05, 0.1) is 22.0 Å². The van der Waals surface area contributed by atoms with Gasteiger partial charge in [-0.05, 0) is 164 Å². The third-order valence-corrected chi connectivity index (χ3v) is 35.9. The van der Waals surface area contributed by atoms with Crippen molar-refractivity contribution in [1.29, 1.82) is 0 Å². The van der Waals surface area contributed by atoms with Crippen molar-refractivity contribution in [2.75, 3.05) is 0 Å². The van der Waals surface area contributed by atoms with E-state index in [0.29, 0.717) is 34.9 Å². The zero-order chi connectivity index (χ0) is 100. The second kappa shape index (κ2) is 41.4. The van der Waals surface area contributed by atoms with Crippen molar-refractivity contribution in [3.05, 3.63) is 583 Å². The van der Waals surface area contributed by atoms with Gasteiger partial charge in [-0.15, -0.1) is 0 Å². The van der Waals surface area contributed by atoms with E-state index in [4.69, 9.17) is 34.2 Å². The molecule has 0 saturated carbocycles. The predicted octanol–water partition coefficient (Wildman–Crippen LogP) is 29.1. The Labute approximate surface area is 881 Å². The van der Waals surface area contributed by atoms with E-state index in [1.54, 1.807) is 0 Å². The van der Waals surface area contributed by atoms with Gasteiger partial charge in [-0.2, -0.15) is 0 Å². The molecule has 2 aromatic heterocycles. The fourth-order valence-electron chi connectivity index (χ4n) is 21.3. The molecule has 0 atom stereocenters. The Bertz CT molecular complexity index is 8360. The van der Waals surface area contributed by atoms with Gasteiger partial charge in [0.2, 0.25) is 0 Å². The molecule has 0 unspecified atom stereocenters. The molecule has 149 heavy (non-hydrogen) atoms. The Morgan fingerprint density at radius 3 is 0.725 bits per heavy atom. The lowest BCUT2D eigenvalue weighted by molar-refractivity contribution is 0.00578. The Morgan fingerprint density at radius 2 is 0.423 bits per heavy atom. The topological polar surface area (TPSA) is 130 Å². The highest BCUT2D eigenvalue weighted by atomic mass is 79.9. The van der Waals surface area contributed by atoms with Crippen LogP contribution in [0.5, 0.6) is 0 Å². The average Bonchev–Trinajstić information content (AvgIpc) is 1.53. The SMILES string of the molecule is Brc1ccc(-c2nc(-c3ccccc3)nc(-c3ccccc3)n2)cc1.CC1(C)OB(c2cc3c(cc2-c2ccc(P(=O)(c4ccccc4)c4ccccc4)cc2)-c2ccccc2C3(c2ccccc2)c2ccccc2)OC1(C)C.O=P(c1ccccc1)(c1ccccc1)c1ccc(-c2cc3c(cc2-c2ccc(-c4nc(-c5ccccc5)nc(-c5ccccc5)n4)cc2)C(c2ccccc2)(c2ccccc2)c2ccccc2-3)cc1.[B]. The van der Waals surface area contributed by atoms with Crippen LogP contribution in [0.4, 0.5) is 0 Å². The number of rotatable bonds is 20. The van der Waals surface area contributed by atoms with Gasteiger partial charge in [-0.1, -0.05) is 519 Å². The summed E-state index contributed by atoms with van der Waals surface area (Å²) in [6.07, 6.45) is 0. The van der Waals surface area contributed by atoms with Crippen LogP contribution in [0.2, 0.25) is 0 Å². The first-order valence-corrected chi connectivity index (χ1v) is 54.1. The smallest absolute Gasteiger partial charge is 0.399 e. The zero-order valence-electron chi connectivity index (χ0n) is 82.6. The van der Waals surface area contributed by atoms with Crippen molar-refractivity contribution >= 4 is 83.0 Å². The summed E-state index contributed by atoms with van der Waals surface area (Å²) in [6, 6.07) is 184. The first-order valence-electron chi connectivity index (χ1n) is 49.9. The van der Waals surface area contributed by atoms with Crippen molar-refractivity contribution < 1.29 is 18.4 Å². The summed E-state index contributed by atoms with van der Waals surface area (Å²) >= 11 is 3.47. The van der Waals surface area contributed by atoms with Crippen LogP contribution in [-0.2, 0) is 29.3 Å². The first-order chi connectivity index (χ1) is 72.5. The molecule has 25 rings (SSSR count). The summed E-state index contributed by atoms with van der Waals surface area (Å²) in [7, 11) is -6.95. The molecule has 0 spiro atoms. The number of halogens is 1. The second-order valence-electron chi connectivity index (χ2n) is 38.4. The summed E-state index contributed by atoms with van der Waals surface area (Å²) in [6.45, 7) is 8.42. The van der Waals surface area contributed by atoms with Crippen molar-refractivity contribution in [3.63, 3.8) is 0 Å². The largest absolute Gasteiger partial charge is 0.495 e. The van der Waals surface area contributed by atoms with Gasteiger partial charge in [-0.3, -0.25) is 0 Å². The highest BCUT2D eigenvalue weighted by Gasteiger charge is 2.55. The molecule has 713 valence electrons. The maximum atomic E-state index is 15.5. The quantitative estimate of drug-likeness (QED) is 0.0537. The molecule has 1 fully saturated rings. The van der Waals surface area contributed by atoms with Gasteiger partial charge in [-0.25, -0.2) is 29.9 Å². The minimum absolute atomic E-state index is 0. The molecule has 2 aliphatic carbocycles. The molecule has 22 aromatic rings. The van der Waals surface area contributed by atoms with Crippen molar-refractivity contribution in [3.8, 4) is 124 Å². The van der Waals surface area contributed by atoms with Crippen LogP contribution < -0.4 is 37.3 Å². The Kier molecular flexibility index (Phi) is 27.0. The van der Waals surface area contributed by atoms with E-state index in [2.05, 4.69) is 303 Å². The highest BCUT2D eigenvalue weighted by molar-refractivity contribution is 9.10. The van der Waals surface area contributed by atoms with E-state index < -0.39 is 43.4 Å². The van der Waals surface area contributed by atoms with E-state index in [9.17, 15) is 0 Å². The molecule has 0 bridgehead atoms. The molecule has 20 aromatic carbocycles. The van der Waals surface area contributed by atoms with Crippen LogP contribution in [0, 0.1) is 0 Å². The lowest BCUT2D eigenvalue weighted by atomic mass is 9.65. The predicted molar refractivity (Wildman–Crippen MR) is 618 cm³/mol. The number of benzene rings is 20. The fraction of sp³-hybridized carbons (Fsp3) is 0.0597. The van der Waals surface area contributed by atoms with Crippen LogP contribution in [-0.4, -0.2) is 56.6 Å². The zero-order valence-corrected chi connectivity index (χ0v) is 85.9. The maximum Gasteiger partial charge on any atom is 0.495 e. The summed E-state index contributed by atoms with van der Waals surface area (Å²) in [5.41, 5.74) is 25.2. The molecule has 1 saturated heterocycles. The van der Waals surface area contributed by atoms with Gasteiger partial charge in [0.15, 0.2) is 49.2 Å². The molecular formula is C134H100B2BrN6O4P2. The van der Waals surface area contributed by atoms with E-state index in [0.717, 1.165) is 109 Å². The molecule has 3 aliphatic rings. The van der Waals surface area contributed by atoms with Crippen LogP contribution in [0.15, 0.2) is 538 Å². The number of hydrogen-bond acceptors (Lipinski definition) is 10. The van der Waals surface area contributed by atoms with Gasteiger partial charge in [0, 0.05) is 78.1 Å². The Morgan fingerprint density at radius 1 is 0.208 bits per heavy atom. The molecule has 10 nitrogen and oxygen atoms in total. The molecule has 3 heterocycles. The van der Waals surface area contributed by atoms with Crippen molar-refractivity contribution in [1.82, 2.24) is 29.9 Å². The molecule has 1 aliphatic heterocycles. The Balaban J connectivity index is 0.000000139. The number of aromatic nitrogens is 6. The molecular weight excluding hydrogens is 1920 g/mol. The minimum Gasteiger partial charge on any atom is -0.399 e. The van der Waals surface area contributed by atoms with Crippen LogP contribution in [0.25, 0.3) is 124 Å². The van der Waals surface area contributed by atoms with Crippen LogP contribution in [0.3, 0.4) is 0 Å². The first kappa shape index (κ1) is 97.2. The minimum atomic E-state index is -3.20. The molecule has 3 radical (unpaired) electrons. The summed E-state index contributed by atoms with van der Waals surface area (Å²) in [5, 5.41) is 4.82. The fourth-order valence-corrected chi connectivity index (χ4v) is 26.9. The second-order valence-corrected chi connectivity index (χ2v) is 44.8. The van der Waals surface area contributed by atoms with Gasteiger partial charge in [0.1, 0.15) is 0 Å². The third kappa shape index (κ3) is 18.1. The molecule has 0 amide bonds. The standard InChI is InChI=1S/C64H44N3OP.C49H42BO3P.C21H14BrN3.B/c68-69(52-29-15-5-16-30-52,53-31-17-6-18-32-53)54-41-39-46(40-42-54)56-43-58-55-33-19-20-34-59(55)64(50-25-11-3-12-26-50,51-27-13-4-14-28-51)60(58)44-57(56)45-35-37-49(38-36-45)63-66-61(47-21-7-1-8-22-47)65-62(67-63)48-23-9-2-10-24-48;1-47(2)48(3,4)53-50(52-47)46-34-45-43(41-27-17-18-28-44(41)49(45,36-19-9-5-10-20-36)37-21-11-6-12-22-37)33-42(46)35-29-31-40(32-30-35)54(51,38-23-13-7-14-24-38)39-25-15-8-16-26-39;22-18-13-11-17(12-14-18)21-24-19(15-7-3-1-4-8-15)23-20(25-21)16-9-5-2-6-10-16;/h1-44H;5-34H,1-4H3;1-14H;. The van der Waals surface area contributed by atoms with Gasteiger partial charge >= 0.3 is 7.12 Å². The van der Waals surface area contributed by atoms with E-state index in [1.807, 2.05) is 279 Å². The average molecular weight is 2020 g/mol. The number of fused-ring (bicyclic) bond motifs is 6. The van der Waals surface area contributed by atoms with E-state index in [1.165, 1.54) is 66.8 Å². The molecule has 0 N–H and O–H groups in total. The summed E-state index contributed by atoms with van der Waals surface area (Å²) < 4.78 is 45.5. The van der Waals surface area contributed by atoms with Gasteiger partial charge < -0.3 is 18.4 Å². The van der Waals surface area contributed by atoms with Crippen LogP contribution in [0.1, 0.15) is 72.2 Å². The normalized spacial score (nSPS) is 13.6. The van der Waals surface area contributed by atoms with Crippen molar-refractivity contribution in [2.45, 2.75) is 49.7 Å². The van der Waals surface area contributed by atoms with Crippen molar-refractivity contribution in [2.24, 2.45) is 0 Å². The Hall–Kier alpha value is -16.6. The van der Waals surface area contributed by atoms with Crippen LogP contribution >= 0.6 is 30.2 Å². The third-order valence-electron chi connectivity index (χ3n) is 29.3. The summed E-state index contributed by atoms with van der Waals surface area (Å²) in [5.74, 6) is 3.85. The number of hydrogen-bond donors (Lipinski definition) is 0. The molecule has 15 heteroatoms. The highest BCUT2D eigenvalue weighted by Crippen LogP contribution is 2.60. The lowest BCUT2D eigenvalue weighted by Crippen LogP contribution is -2.41. The van der Waals surface area contributed by atoms with E-state index >= 15 is 9.13 Å². The van der Waals surface area contributed by atoms with Gasteiger partial charge in [0.25, 0.3) is 0 Å². The lowest BCUT2D eigenvalue weighted by Gasteiger charge is -2.34.